The third-order valence-corrected chi connectivity index (χ3v) is 2.98. The van der Waals surface area contributed by atoms with Crippen LogP contribution in [0.5, 0.6) is 0 Å². The van der Waals surface area contributed by atoms with Crippen LogP contribution in [0, 0.1) is 5.82 Å². The number of aliphatic hydroxyl groups is 1. The first kappa shape index (κ1) is 13.5. The lowest BCUT2D eigenvalue weighted by atomic mass is 10.3. The molecule has 0 radical (unpaired) electrons. The lowest BCUT2D eigenvalue weighted by Crippen LogP contribution is -2.34. The van der Waals surface area contributed by atoms with Gasteiger partial charge in [-0.2, -0.15) is 0 Å². The van der Waals surface area contributed by atoms with Crippen molar-refractivity contribution >= 4 is 16.9 Å². The second-order valence-electron chi connectivity index (χ2n) is 4.41. The average molecular weight is 265 g/mol. The van der Waals surface area contributed by atoms with Crippen molar-refractivity contribution in [3.63, 3.8) is 0 Å². The second kappa shape index (κ2) is 5.36. The van der Waals surface area contributed by atoms with Crippen LogP contribution in [0.15, 0.2) is 18.2 Å². The van der Waals surface area contributed by atoms with Crippen LogP contribution in [0.3, 0.4) is 0 Å². The molecule has 1 aromatic heterocycles. The monoisotopic (exact) mass is 265 g/mol. The van der Waals surface area contributed by atoms with Gasteiger partial charge in [0, 0.05) is 20.0 Å². The van der Waals surface area contributed by atoms with Crippen molar-refractivity contribution in [3.8, 4) is 0 Å². The fraction of sp³-hybridized carbons (Fsp3) is 0.385. The molecule has 1 unspecified atom stereocenters. The summed E-state index contributed by atoms with van der Waals surface area (Å²) in [5, 5.41) is 11.6. The zero-order valence-electron chi connectivity index (χ0n) is 10.9. The molecule has 0 aliphatic rings. The number of benzene rings is 1. The number of aryl methyl sites for hydroxylation is 1. The van der Waals surface area contributed by atoms with Gasteiger partial charge in [-0.15, -0.1) is 0 Å². The highest BCUT2D eigenvalue weighted by Gasteiger charge is 2.12. The van der Waals surface area contributed by atoms with Crippen molar-refractivity contribution in [3.05, 3.63) is 29.8 Å². The summed E-state index contributed by atoms with van der Waals surface area (Å²) in [5.41, 5.74) is 1.05. The maximum absolute atomic E-state index is 13.6. The Kier molecular flexibility index (Phi) is 3.80. The van der Waals surface area contributed by atoms with E-state index in [9.17, 15) is 9.18 Å². The fourth-order valence-corrected chi connectivity index (χ4v) is 1.90. The van der Waals surface area contributed by atoms with E-state index in [4.69, 9.17) is 5.11 Å². The van der Waals surface area contributed by atoms with Crippen molar-refractivity contribution in [2.24, 2.45) is 7.05 Å². The predicted molar refractivity (Wildman–Crippen MR) is 69.1 cm³/mol. The van der Waals surface area contributed by atoms with E-state index < -0.39 is 12.0 Å². The van der Waals surface area contributed by atoms with Gasteiger partial charge in [-0.1, -0.05) is 6.07 Å². The zero-order valence-corrected chi connectivity index (χ0v) is 10.9. The summed E-state index contributed by atoms with van der Waals surface area (Å²) in [7, 11) is 1.81. The van der Waals surface area contributed by atoms with E-state index >= 15 is 0 Å². The number of amides is 1. The number of nitrogens with one attached hydrogen (secondary N) is 1. The summed E-state index contributed by atoms with van der Waals surface area (Å²) in [5.74, 6) is -0.0942. The standard InChI is InChI=1S/C13H16FN3O2/c1-8(18)13(19)15-7-6-11-16-12-9(14)4-3-5-10(12)17(11)2/h3-5,8,18H,6-7H2,1-2H3,(H,15,19). The number of aromatic nitrogens is 2. The Morgan fingerprint density at radius 2 is 2.32 bits per heavy atom. The first-order valence-corrected chi connectivity index (χ1v) is 6.06. The molecule has 0 saturated carbocycles. The van der Waals surface area contributed by atoms with Gasteiger partial charge in [0.25, 0.3) is 0 Å². The van der Waals surface area contributed by atoms with E-state index in [1.807, 2.05) is 0 Å². The number of hydrogen-bond donors (Lipinski definition) is 2. The molecule has 6 heteroatoms. The molecule has 2 N–H and O–H groups in total. The van der Waals surface area contributed by atoms with Gasteiger partial charge in [-0.05, 0) is 19.1 Å². The number of carbonyl (C=O) groups excluding carboxylic acids is 1. The van der Waals surface area contributed by atoms with Gasteiger partial charge in [-0.25, -0.2) is 9.37 Å². The SMILES string of the molecule is CC(O)C(=O)NCCc1nc2c(F)cccc2n1C. The van der Waals surface area contributed by atoms with Crippen molar-refractivity contribution in [1.82, 2.24) is 14.9 Å². The second-order valence-corrected chi connectivity index (χ2v) is 4.41. The van der Waals surface area contributed by atoms with E-state index in [1.54, 1.807) is 23.7 Å². The molecule has 0 spiro atoms. The fourth-order valence-electron chi connectivity index (χ4n) is 1.90. The maximum Gasteiger partial charge on any atom is 0.248 e. The van der Waals surface area contributed by atoms with Crippen LogP contribution >= 0.6 is 0 Å². The van der Waals surface area contributed by atoms with Crippen LogP contribution in [0.4, 0.5) is 4.39 Å². The van der Waals surface area contributed by atoms with Crippen molar-refractivity contribution < 1.29 is 14.3 Å². The Hall–Kier alpha value is -1.95. The molecule has 0 bridgehead atoms. The topological polar surface area (TPSA) is 67.2 Å². The number of fused-ring (bicyclic) bond motifs is 1. The molecular formula is C13H16FN3O2. The molecule has 19 heavy (non-hydrogen) atoms. The summed E-state index contributed by atoms with van der Waals surface area (Å²) in [6, 6.07) is 4.80. The third kappa shape index (κ3) is 2.73. The molecule has 2 aromatic rings. The molecule has 1 amide bonds. The van der Waals surface area contributed by atoms with Crippen LogP contribution in [-0.2, 0) is 18.3 Å². The Balaban J connectivity index is 2.11. The molecule has 1 atom stereocenters. The first-order chi connectivity index (χ1) is 9.00. The summed E-state index contributed by atoms with van der Waals surface area (Å²) in [4.78, 5) is 15.4. The molecule has 0 aliphatic carbocycles. The number of para-hydroxylation sites is 1. The molecule has 5 nitrogen and oxygen atoms in total. The van der Waals surface area contributed by atoms with Crippen LogP contribution in [0.25, 0.3) is 11.0 Å². The van der Waals surface area contributed by atoms with E-state index in [-0.39, 0.29) is 5.82 Å². The highest BCUT2D eigenvalue weighted by molar-refractivity contribution is 5.80. The van der Waals surface area contributed by atoms with E-state index in [0.717, 1.165) is 5.52 Å². The largest absolute Gasteiger partial charge is 0.384 e. The lowest BCUT2D eigenvalue weighted by Gasteiger charge is -2.06. The number of aliphatic hydroxyl groups excluding tert-OH is 1. The summed E-state index contributed by atoms with van der Waals surface area (Å²) >= 11 is 0. The summed E-state index contributed by atoms with van der Waals surface area (Å²) in [6.07, 6.45) is -0.554. The molecule has 1 aromatic carbocycles. The Morgan fingerprint density at radius 1 is 1.58 bits per heavy atom. The Labute approximate surface area is 110 Å². The molecule has 102 valence electrons. The number of halogens is 1. The van der Waals surface area contributed by atoms with E-state index in [2.05, 4.69) is 10.3 Å². The van der Waals surface area contributed by atoms with Crippen molar-refractivity contribution in [2.45, 2.75) is 19.4 Å². The van der Waals surface area contributed by atoms with Gasteiger partial charge >= 0.3 is 0 Å². The van der Waals surface area contributed by atoms with Gasteiger partial charge in [-0.3, -0.25) is 4.79 Å². The van der Waals surface area contributed by atoms with Crippen LogP contribution in [0.1, 0.15) is 12.7 Å². The van der Waals surface area contributed by atoms with Crippen molar-refractivity contribution in [2.75, 3.05) is 6.54 Å². The van der Waals surface area contributed by atoms with E-state index in [0.29, 0.717) is 24.3 Å². The minimum absolute atomic E-state index is 0.335. The quantitative estimate of drug-likeness (QED) is 0.857. The van der Waals surface area contributed by atoms with Crippen LogP contribution < -0.4 is 5.32 Å². The minimum atomic E-state index is -1.03. The van der Waals surface area contributed by atoms with Crippen molar-refractivity contribution in [1.29, 1.82) is 0 Å². The average Bonchev–Trinajstić information content (AvgIpc) is 2.68. The minimum Gasteiger partial charge on any atom is -0.384 e. The summed E-state index contributed by atoms with van der Waals surface area (Å²) in [6.45, 7) is 1.75. The Bertz CT molecular complexity index is 607. The number of hydrogen-bond acceptors (Lipinski definition) is 3. The predicted octanol–water partition coefficient (Wildman–Crippen LogP) is 0.752. The number of carbonyl (C=O) groups is 1. The highest BCUT2D eigenvalue weighted by Crippen LogP contribution is 2.17. The van der Waals surface area contributed by atoms with E-state index in [1.165, 1.54) is 13.0 Å². The molecule has 0 aliphatic heterocycles. The third-order valence-electron chi connectivity index (χ3n) is 2.98. The number of imidazole rings is 1. The molecular weight excluding hydrogens is 249 g/mol. The van der Waals surface area contributed by atoms with Gasteiger partial charge in [0.2, 0.25) is 5.91 Å². The zero-order chi connectivity index (χ0) is 14.0. The first-order valence-electron chi connectivity index (χ1n) is 6.06. The molecule has 0 fully saturated rings. The summed E-state index contributed by atoms with van der Waals surface area (Å²) < 4.78 is 15.4. The van der Waals surface area contributed by atoms with Gasteiger partial charge < -0.3 is 15.0 Å². The lowest BCUT2D eigenvalue weighted by molar-refractivity contribution is -0.128. The smallest absolute Gasteiger partial charge is 0.248 e. The number of rotatable bonds is 4. The van der Waals surface area contributed by atoms with Gasteiger partial charge in [0.15, 0.2) is 5.82 Å². The van der Waals surface area contributed by atoms with Crippen LogP contribution in [-0.4, -0.2) is 33.2 Å². The maximum atomic E-state index is 13.6. The molecule has 0 saturated heterocycles. The number of nitrogens with zero attached hydrogens (tertiary/aromatic N) is 2. The molecule has 1 heterocycles. The van der Waals surface area contributed by atoms with Crippen LogP contribution in [0.2, 0.25) is 0 Å². The van der Waals surface area contributed by atoms with Gasteiger partial charge in [0.1, 0.15) is 17.4 Å². The Morgan fingerprint density at radius 3 is 2.95 bits per heavy atom. The molecule has 2 rings (SSSR count). The normalized spacial score (nSPS) is 12.6. The highest BCUT2D eigenvalue weighted by atomic mass is 19.1. The van der Waals surface area contributed by atoms with Gasteiger partial charge in [0.05, 0.1) is 5.52 Å².